The van der Waals surface area contributed by atoms with E-state index in [0.29, 0.717) is 6.10 Å². The molecule has 0 aliphatic carbocycles. The third-order valence-corrected chi connectivity index (χ3v) is 3.52. The fourth-order valence-electron chi connectivity index (χ4n) is 2.59. The average molecular weight is 234 g/mol. The lowest BCUT2D eigenvalue weighted by molar-refractivity contribution is 0.00815. The molecular weight excluding hydrogens is 210 g/mol. The van der Waals surface area contributed by atoms with E-state index in [1.165, 1.54) is 57.9 Å². The molecule has 2 rings (SSSR count). The van der Waals surface area contributed by atoms with Gasteiger partial charge < -0.3 is 10.1 Å². The molecule has 0 spiro atoms. The lowest BCUT2D eigenvalue weighted by atomic mass is 9.96. The van der Waals surface area contributed by atoms with Gasteiger partial charge in [-0.1, -0.05) is 6.42 Å². The molecule has 2 heterocycles. The first kappa shape index (κ1) is 13.3. The Kier molecular flexibility index (Phi) is 6.62. The maximum Gasteiger partial charge on any atom is 0.0575 e. The second-order valence-corrected chi connectivity index (χ2v) is 4.71. The molecule has 0 saturated carbocycles. The molecule has 0 bridgehead atoms. The van der Waals surface area contributed by atoms with Crippen molar-refractivity contribution in [1.82, 2.24) is 5.32 Å². The van der Waals surface area contributed by atoms with Crippen LogP contribution in [-0.4, -0.2) is 25.3 Å². The van der Waals surface area contributed by atoms with Crippen molar-refractivity contribution in [1.29, 1.82) is 0 Å². The second-order valence-electron chi connectivity index (χ2n) is 4.71. The van der Waals surface area contributed by atoms with E-state index in [2.05, 4.69) is 5.32 Å². The standard InChI is InChI=1S/C12H23NO.ClH/c1-3-9-13-11(5-1)7-8-12-6-2-4-10-14-12;/h11-13H,1-10H2;1H. The van der Waals surface area contributed by atoms with Crippen LogP contribution < -0.4 is 5.32 Å². The van der Waals surface area contributed by atoms with Gasteiger partial charge in [-0.05, 0) is 51.5 Å². The van der Waals surface area contributed by atoms with Gasteiger partial charge in [0.2, 0.25) is 0 Å². The summed E-state index contributed by atoms with van der Waals surface area (Å²) in [7, 11) is 0. The van der Waals surface area contributed by atoms with Crippen molar-refractivity contribution in [3.05, 3.63) is 0 Å². The first-order valence-corrected chi connectivity index (χ1v) is 6.30. The first-order valence-electron chi connectivity index (χ1n) is 6.30. The van der Waals surface area contributed by atoms with Crippen LogP contribution in [0, 0.1) is 0 Å². The molecule has 2 saturated heterocycles. The van der Waals surface area contributed by atoms with Crippen molar-refractivity contribution in [3.8, 4) is 0 Å². The molecule has 90 valence electrons. The smallest absolute Gasteiger partial charge is 0.0575 e. The Labute approximate surface area is 99.6 Å². The van der Waals surface area contributed by atoms with Gasteiger partial charge in [0.25, 0.3) is 0 Å². The fourth-order valence-corrected chi connectivity index (χ4v) is 2.59. The van der Waals surface area contributed by atoms with Crippen LogP contribution in [0.4, 0.5) is 0 Å². The fraction of sp³-hybridized carbons (Fsp3) is 1.00. The average Bonchev–Trinajstić information content (AvgIpc) is 2.29. The first-order chi connectivity index (χ1) is 6.95. The van der Waals surface area contributed by atoms with Crippen LogP contribution >= 0.6 is 12.4 Å². The Hall–Kier alpha value is 0.210. The summed E-state index contributed by atoms with van der Waals surface area (Å²) < 4.78 is 5.74. The van der Waals surface area contributed by atoms with Gasteiger partial charge in [-0.15, -0.1) is 12.4 Å². The minimum atomic E-state index is 0. The molecule has 0 amide bonds. The largest absolute Gasteiger partial charge is 0.378 e. The molecule has 2 unspecified atom stereocenters. The number of rotatable bonds is 3. The second kappa shape index (κ2) is 7.48. The van der Waals surface area contributed by atoms with E-state index in [9.17, 15) is 0 Å². The molecule has 15 heavy (non-hydrogen) atoms. The number of ether oxygens (including phenoxy) is 1. The zero-order chi connectivity index (χ0) is 9.64. The zero-order valence-electron chi connectivity index (χ0n) is 9.54. The minimum Gasteiger partial charge on any atom is -0.378 e. The predicted molar refractivity (Wildman–Crippen MR) is 65.7 cm³/mol. The number of nitrogens with one attached hydrogen (secondary N) is 1. The van der Waals surface area contributed by atoms with E-state index in [4.69, 9.17) is 4.74 Å². The van der Waals surface area contributed by atoms with Crippen molar-refractivity contribution in [2.45, 2.75) is 63.5 Å². The maximum absolute atomic E-state index is 5.74. The molecule has 2 fully saturated rings. The van der Waals surface area contributed by atoms with Crippen molar-refractivity contribution < 1.29 is 4.74 Å². The SMILES string of the molecule is C1CCC(CCC2CCCCO2)NC1.Cl. The van der Waals surface area contributed by atoms with Gasteiger partial charge in [0, 0.05) is 12.6 Å². The van der Waals surface area contributed by atoms with Crippen LogP contribution in [0.3, 0.4) is 0 Å². The molecule has 0 radical (unpaired) electrons. The number of hydrogen-bond acceptors (Lipinski definition) is 2. The normalized spacial score (nSPS) is 32.0. The summed E-state index contributed by atoms with van der Waals surface area (Å²) in [6.07, 6.45) is 11.3. The van der Waals surface area contributed by atoms with Crippen LogP contribution in [0.2, 0.25) is 0 Å². The molecular formula is C12H24ClNO. The topological polar surface area (TPSA) is 21.3 Å². The van der Waals surface area contributed by atoms with Crippen molar-refractivity contribution in [3.63, 3.8) is 0 Å². The quantitative estimate of drug-likeness (QED) is 0.810. The molecule has 2 nitrogen and oxygen atoms in total. The van der Waals surface area contributed by atoms with Crippen molar-refractivity contribution >= 4 is 12.4 Å². The molecule has 0 aromatic heterocycles. The summed E-state index contributed by atoms with van der Waals surface area (Å²) in [5, 5.41) is 3.60. The van der Waals surface area contributed by atoms with Crippen LogP contribution in [-0.2, 0) is 4.74 Å². The summed E-state index contributed by atoms with van der Waals surface area (Å²) >= 11 is 0. The minimum absolute atomic E-state index is 0. The molecule has 0 aromatic carbocycles. The highest BCUT2D eigenvalue weighted by Gasteiger charge is 2.17. The van der Waals surface area contributed by atoms with Crippen LogP contribution in [0.5, 0.6) is 0 Å². The van der Waals surface area contributed by atoms with E-state index >= 15 is 0 Å². The molecule has 0 aromatic rings. The molecule has 3 heteroatoms. The van der Waals surface area contributed by atoms with Gasteiger partial charge in [-0.3, -0.25) is 0 Å². The van der Waals surface area contributed by atoms with E-state index in [1.54, 1.807) is 0 Å². The van der Waals surface area contributed by atoms with Gasteiger partial charge >= 0.3 is 0 Å². The Morgan fingerprint density at radius 2 is 1.87 bits per heavy atom. The molecule has 2 aliphatic rings. The highest BCUT2D eigenvalue weighted by molar-refractivity contribution is 5.85. The number of halogens is 1. The maximum atomic E-state index is 5.74. The van der Waals surface area contributed by atoms with Crippen molar-refractivity contribution in [2.24, 2.45) is 0 Å². The van der Waals surface area contributed by atoms with E-state index in [1.807, 2.05) is 0 Å². The van der Waals surface area contributed by atoms with Gasteiger partial charge in [-0.25, -0.2) is 0 Å². The lowest BCUT2D eigenvalue weighted by Crippen LogP contribution is -2.35. The Morgan fingerprint density at radius 3 is 2.53 bits per heavy atom. The van der Waals surface area contributed by atoms with E-state index in [-0.39, 0.29) is 12.4 Å². The van der Waals surface area contributed by atoms with Gasteiger partial charge in [0.1, 0.15) is 0 Å². The zero-order valence-corrected chi connectivity index (χ0v) is 10.4. The van der Waals surface area contributed by atoms with Crippen LogP contribution in [0.1, 0.15) is 51.4 Å². The Bertz CT molecular complexity index is 136. The summed E-state index contributed by atoms with van der Waals surface area (Å²) in [5.74, 6) is 0. The third kappa shape index (κ3) is 4.71. The third-order valence-electron chi connectivity index (χ3n) is 3.52. The molecule has 1 N–H and O–H groups in total. The Balaban J connectivity index is 0.00000112. The van der Waals surface area contributed by atoms with E-state index < -0.39 is 0 Å². The van der Waals surface area contributed by atoms with Gasteiger partial charge in [0.05, 0.1) is 6.10 Å². The highest BCUT2D eigenvalue weighted by Crippen LogP contribution is 2.20. The molecule has 2 aliphatic heterocycles. The Morgan fingerprint density at radius 1 is 1.00 bits per heavy atom. The van der Waals surface area contributed by atoms with Crippen molar-refractivity contribution in [2.75, 3.05) is 13.2 Å². The number of piperidine rings is 1. The summed E-state index contributed by atoms with van der Waals surface area (Å²) in [4.78, 5) is 0. The predicted octanol–water partition coefficient (Wildman–Crippen LogP) is 2.90. The van der Waals surface area contributed by atoms with E-state index in [0.717, 1.165) is 12.6 Å². The van der Waals surface area contributed by atoms with Crippen LogP contribution in [0.15, 0.2) is 0 Å². The summed E-state index contributed by atoms with van der Waals surface area (Å²) in [6, 6.07) is 0.786. The molecule has 2 atom stereocenters. The monoisotopic (exact) mass is 233 g/mol. The highest BCUT2D eigenvalue weighted by atomic mass is 35.5. The van der Waals surface area contributed by atoms with Gasteiger partial charge in [-0.2, -0.15) is 0 Å². The number of hydrogen-bond donors (Lipinski definition) is 1. The van der Waals surface area contributed by atoms with Crippen LogP contribution in [0.25, 0.3) is 0 Å². The summed E-state index contributed by atoms with van der Waals surface area (Å²) in [6.45, 7) is 2.24. The lowest BCUT2D eigenvalue weighted by Gasteiger charge is -2.27. The summed E-state index contributed by atoms with van der Waals surface area (Å²) in [5.41, 5.74) is 0. The van der Waals surface area contributed by atoms with Gasteiger partial charge in [0.15, 0.2) is 0 Å².